The Kier molecular flexibility index (Phi) is 5.33. The third-order valence-corrected chi connectivity index (χ3v) is 6.42. The van der Waals surface area contributed by atoms with Crippen LogP contribution in [0, 0.1) is 0 Å². The molecule has 170 valence electrons. The number of fused-ring (bicyclic) bond motifs is 2. The Bertz CT molecular complexity index is 1160. The van der Waals surface area contributed by atoms with Crippen molar-refractivity contribution in [2.24, 2.45) is 0 Å². The van der Waals surface area contributed by atoms with Crippen molar-refractivity contribution in [2.75, 3.05) is 23.9 Å². The molecule has 0 radical (unpaired) electrons. The fraction of sp³-hybridized carbons (Fsp3) is 0.333. The van der Waals surface area contributed by atoms with Gasteiger partial charge in [-0.3, -0.25) is 24.6 Å². The number of carbonyl (C=O) groups is 4. The average Bonchev–Trinajstić information content (AvgIpc) is 3.31. The normalized spacial score (nSPS) is 21.7. The van der Waals surface area contributed by atoms with Gasteiger partial charge in [0.25, 0.3) is 5.91 Å². The molecule has 0 spiro atoms. The zero-order chi connectivity index (χ0) is 23.1. The summed E-state index contributed by atoms with van der Waals surface area (Å²) in [6.07, 6.45) is 1.23. The number of nitrogens with one attached hydrogen (secondary N) is 2. The number of hydrogen-bond donors (Lipinski definition) is 2. The number of para-hydroxylation sites is 1. The molecule has 9 nitrogen and oxygen atoms in total. The number of benzene rings is 2. The van der Waals surface area contributed by atoms with Gasteiger partial charge in [-0.15, -0.1) is 0 Å². The van der Waals surface area contributed by atoms with Gasteiger partial charge >= 0.3 is 6.03 Å². The summed E-state index contributed by atoms with van der Waals surface area (Å²) in [7, 11) is 1.62. The van der Waals surface area contributed by atoms with Crippen LogP contribution in [0.25, 0.3) is 0 Å². The molecule has 3 aliphatic heterocycles. The number of carbonyl (C=O) groups excluding carboxylic acids is 4. The van der Waals surface area contributed by atoms with Gasteiger partial charge in [-0.2, -0.15) is 0 Å². The maximum absolute atomic E-state index is 13.2. The first kappa shape index (κ1) is 21.1. The molecule has 5 rings (SSSR count). The first-order chi connectivity index (χ1) is 16.0. The quantitative estimate of drug-likeness (QED) is 0.696. The highest BCUT2D eigenvalue weighted by Crippen LogP contribution is 2.34. The number of anilines is 2. The molecular weight excluding hydrogens is 424 g/mol. The predicted molar refractivity (Wildman–Crippen MR) is 120 cm³/mol. The number of hydrogen-bond acceptors (Lipinski definition) is 5. The van der Waals surface area contributed by atoms with Crippen molar-refractivity contribution in [1.29, 1.82) is 0 Å². The second kappa shape index (κ2) is 8.32. The maximum Gasteiger partial charge on any atom is 0.326 e. The minimum Gasteiger partial charge on any atom is -0.383 e. The monoisotopic (exact) mass is 448 g/mol. The van der Waals surface area contributed by atoms with E-state index in [9.17, 15) is 19.2 Å². The summed E-state index contributed by atoms with van der Waals surface area (Å²) < 4.78 is 5.33. The number of urea groups is 1. The molecule has 0 aromatic heterocycles. The van der Waals surface area contributed by atoms with Gasteiger partial charge in [-0.25, -0.2) is 4.79 Å². The van der Waals surface area contributed by atoms with Crippen LogP contribution in [0.2, 0.25) is 0 Å². The van der Waals surface area contributed by atoms with Crippen LogP contribution in [0.15, 0.2) is 42.5 Å². The van der Waals surface area contributed by atoms with Crippen LogP contribution in [-0.2, 0) is 27.3 Å². The zero-order valence-corrected chi connectivity index (χ0v) is 18.2. The molecule has 2 atom stereocenters. The van der Waals surface area contributed by atoms with E-state index in [4.69, 9.17) is 4.74 Å². The van der Waals surface area contributed by atoms with Crippen molar-refractivity contribution in [3.8, 4) is 0 Å². The second-order valence-corrected chi connectivity index (χ2v) is 8.51. The van der Waals surface area contributed by atoms with E-state index in [1.165, 1.54) is 4.90 Å². The molecule has 2 aromatic rings. The second-order valence-electron chi connectivity index (χ2n) is 8.51. The molecule has 2 aromatic carbocycles. The number of amides is 5. The predicted octanol–water partition coefficient (Wildman–Crippen LogP) is 2.06. The number of rotatable bonds is 4. The molecule has 0 saturated carbocycles. The van der Waals surface area contributed by atoms with Gasteiger partial charge in [0.1, 0.15) is 6.04 Å². The Morgan fingerprint density at radius 2 is 1.97 bits per heavy atom. The van der Waals surface area contributed by atoms with Gasteiger partial charge in [0.15, 0.2) is 0 Å². The lowest BCUT2D eigenvalue weighted by Gasteiger charge is -2.29. The molecule has 0 aliphatic carbocycles. The number of ether oxygens (including phenoxy) is 1. The van der Waals surface area contributed by atoms with E-state index in [-0.39, 0.29) is 36.9 Å². The maximum atomic E-state index is 13.2. The number of piperidine rings is 1. The van der Waals surface area contributed by atoms with E-state index < -0.39 is 11.9 Å². The highest BCUT2D eigenvalue weighted by atomic mass is 16.5. The van der Waals surface area contributed by atoms with Crippen LogP contribution < -0.4 is 15.5 Å². The zero-order valence-electron chi connectivity index (χ0n) is 18.2. The van der Waals surface area contributed by atoms with E-state index >= 15 is 0 Å². The van der Waals surface area contributed by atoms with Crippen LogP contribution in [-0.4, -0.2) is 54.5 Å². The first-order valence-corrected chi connectivity index (χ1v) is 10.9. The summed E-state index contributed by atoms with van der Waals surface area (Å²) >= 11 is 0. The largest absolute Gasteiger partial charge is 0.383 e. The summed E-state index contributed by atoms with van der Waals surface area (Å²) in [5, 5.41) is 5.24. The van der Waals surface area contributed by atoms with Crippen molar-refractivity contribution in [3.63, 3.8) is 0 Å². The number of imide groups is 1. The minimum absolute atomic E-state index is 0.105. The molecule has 5 amide bonds. The van der Waals surface area contributed by atoms with Crippen molar-refractivity contribution < 1.29 is 23.9 Å². The molecule has 9 heteroatoms. The van der Waals surface area contributed by atoms with Crippen LogP contribution in [0.4, 0.5) is 16.2 Å². The Hall–Kier alpha value is -3.72. The van der Waals surface area contributed by atoms with Crippen molar-refractivity contribution in [3.05, 3.63) is 59.2 Å². The highest BCUT2D eigenvalue weighted by molar-refractivity contribution is 6.07. The van der Waals surface area contributed by atoms with Crippen LogP contribution in [0.1, 0.15) is 34.3 Å². The highest BCUT2D eigenvalue weighted by Gasteiger charge is 2.39. The summed E-state index contributed by atoms with van der Waals surface area (Å²) in [4.78, 5) is 53.0. The third kappa shape index (κ3) is 3.74. The standard InChI is InChI=1S/C24H24N4O5/c1-33-13-17-11-14-4-2-3-5-19(14)28(17)24(32)25-16-6-7-18-15(10-16)12-27(23(18)31)20-8-9-21(29)26-22(20)30/h2-7,10,17,20H,8-9,11-13H2,1H3,(H,25,32)(H,26,29,30)/t17?,20-/m0/s1. The van der Waals surface area contributed by atoms with Gasteiger partial charge in [0.2, 0.25) is 11.8 Å². The van der Waals surface area contributed by atoms with Gasteiger partial charge < -0.3 is 15.0 Å². The Morgan fingerprint density at radius 1 is 1.15 bits per heavy atom. The molecular formula is C24H24N4O5. The lowest BCUT2D eigenvalue weighted by molar-refractivity contribution is -0.136. The summed E-state index contributed by atoms with van der Waals surface area (Å²) in [6, 6.07) is 11.9. The molecule has 1 saturated heterocycles. The molecule has 33 heavy (non-hydrogen) atoms. The topological polar surface area (TPSA) is 108 Å². The van der Waals surface area contributed by atoms with Gasteiger partial charge in [-0.1, -0.05) is 18.2 Å². The molecule has 0 bridgehead atoms. The molecule has 3 aliphatic rings. The van der Waals surface area contributed by atoms with E-state index in [1.807, 2.05) is 24.3 Å². The van der Waals surface area contributed by atoms with Gasteiger partial charge in [0, 0.05) is 37.0 Å². The summed E-state index contributed by atoms with van der Waals surface area (Å²) in [5.41, 5.74) is 3.75. The summed E-state index contributed by atoms with van der Waals surface area (Å²) in [6.45, 7) is 0.671. The fourth-order valence-electron chi connectivity index (χ4n) is 4.90. The van der Waals surface area contributed by atoms with Crippen LogP contribution in [0.5, 0.6) is 0 Å². The van der Waals surface area contributed by atoms with Crippen molar-refractivity contribution in [1.82, 2.24) is 10.2 Å². The van der Waals surface area contributed by atoms with Crippen LogP contribution >= 0.6 is 0 Å². The molecule has 2 N–H and O–H groups in total. The van der Waals surface area contributed by atoms with Gasteiger partial charge in [-0.05, 0) is 48.2 Å². The summed E-state index contributed by atoms with van der Waals surface area (Å²) in [5.74, 6) is -1.01. The SMILES string of the molecule is COCC1Cc2ccccc2N1C(=O)Nc1ccc2c(c1)CN([C@H]1CCC(=O)NC1=O)C2=O. The van der Waals surface area contributed by atoms with E-state index in [0.717, 1.165) is 23.2 Å². The number of nitrogens with zero attached hydrogens (tertiary/aromatic N) is 2. The lowest BCUT2D eigenvalue weighted by Crippen LogP contribution is -2.52. The first-order valence-electron chi connectivity index (χ1n) is 10.9. The third-order valence-electron chi connectivity index (χ3n) is 6.42. The van der Waals surface area contributed by atoms with Crippen molar-refractivity contribution in [2.45, 2.75) is 37.9 Å². The smallest absolute Gasteiger partial charge is 0.326 e. The Morgan fingerprint density at radius 3 is 2.76 bits per heavy atom. The fourth-order valence-corrected chi connectivity index (χ4v) is 4.90. The average molecular weight is 448 g/mol. The molecule has 1 unspecified atom stereocenters. The number of methoxy groups -OCH3 is 1. The molecule has 1 fully saturated rings. The minimum atomic E-state index is -0.670. The Balaban J connectivity index is 1.34. The lowest BCUT2D eigenvalue weighted by atomic mass is 10.0. The van der Waals surface area contributed by atoms with E-state index in [1.54, 1.807) is 30.2 Å². The van der Waals surface area contributed by atoms with Crippen molar-refractivity contribution >= 4 is 35.1 Å². The van der Waals surface area contributed by atoms with E-state index in [2.05, 4.69) is 10.6 Å². The Labute approximate surface area is 190 Å². The van der Waals surface area contributed by atoms with Gasteiger partial charge in [0.05, 0.1) is 12.6 Å². The van der Waals surface area contributed by atoms with E-state index in [0.29, 0.717) is 24.3 Å². The van der Waals surface area contributed by atoms with Crippen LogP contribution in [0.3, 0.4) is 0 Å². The molecule has 3 heterocycles.